The first-order chi connectivity index (χ1) is 14.9. The molecular weight excluding hydrogens is 394 g/mol. The third-order valence-corrected chi connectivity index (χ3v) is 5.69. The molecular formula is C22H29N7O2. The number of aromatic nitrogens is 5. The highest BCUT2D eigenvalue weighted by molar-refractivity contribution is 5.67. The van der Waals surface area contributed by atoms with E-state index in [0.29, 0.717) is 30.4 Å². The molecule has 5 rings (SSSR count). The molecule has 2 aliphatic rings. The molecule has 0 atom stereocenters. The summed E-state index contributed by atoms with van der Waals surface area (Å²) < 4.78 is 7.51. The predicted molar refractivity (Wildman–Crippen MR) is 119 cm³/mol. The second kappa shape index (κ2) is 7.64. The maximum absolute atomic E-state index is 10.2. The Bertz CT molecular complexity index is 1110. The zero-order valence-electron chi connectivity index (χ0n) is 18.4. The molecule has 1 fully saturated rings. The molecule has 0 bridgehead atoms. The van der Waals surface area contributed by atoms with E-state index in [1.54, 1.807) is 18.4 Å². The quantitative estimate of drug-likeness (QED) is 0.646. The molecule has 0 aromatic carbocycles. The molecule has 2 aliphatic heterocycles. The van der Waals surface area contributed by atoms with E-state index in [9.17, 15) is 5.11 Å². The summed E-state index contributed by atoms with van der Waals surface area (Å²) in [6, 6.07) is 3.95. The van der Waals surface area contributed by atoms with Crippen LogP contribution in [0.3, 0.4) is 0 Å². The van der Waals surface area contributed by atoms with Gasteiger partial charge in [0.05, 0.1) is 17.9 Å². The summed E-state index contributed by atoms with van der Waals surface area (Å²) in [5.41, 5.74) is 3.05. The molecule has 1 saturated heterocycles. The van der Waals surface area contributed by atoms with Crippen molar-refractivity contribution in [1.29, 1.82) is 0 Å². The highest BCUT2D eigenvalue weighted by Crippen LogP contribution is 2.30. The number of fused-ring (bicyclic) bond motifs is 2. The molecule has 3 aromatic rings. The molecule has 31 heavy (non-hydrogen) atoms. The molecule has 2 N–H and O–H groups in total. The lowest BCUT2D eigenvalue weighted by atomic mass is 10.1. The largest absolute Gasteiger partial charge is 0.476 e. The number of anilines is 2. The highest BCUT2D eigenvalue weighted by Gasteiger charge is 2.22. The zero-order chi connectivity index (χ0) is 21.6. The molecule has 9 heteroatoms. The molecule has 0 radical (unpaired) electrons. The average molecular weight is 424 g/mol. The second-order valence-corrected chi connectivity index (χ2v) is 9.02. The van der Waals surface area contributed by atoms with Gasteiger partial charge in [-0.2, -0.15) is 9.61 Å². The summed E-state index contributed by atoms with van der Waals surface area (Å²) in [6.45, 7) is 8.58. The number of aliphatic hydroxyl groups is 1. The summed E-state index contributed by atoms with van der Waals surface area (Å²) in [7, 11) is 0. The van der Waals surface area contributed by atoms with E-state index in [0.717, 1.165) is 54.6 Å². The van der Waals surface area contributed by atoms with Crippen LogP contribution < -0.4 is 15.0 Å². The second-order valence-electron chi connectivity index (χ2n) is 9.02. The summed E-state index contributed by atoms with van der Waals surface area (Å²) in [5.74, 6) is 2.32. The van der Waals surface area contributed by atoms with Crippen LogP contribution in [0.1, 0.15) is 44.5 Å². The van der Waals surface area contributed by atoms with Crippen molar-refractivity contribution >= 4 is 17.3 Å². The number of ether oxygens (including phenoxy) is 1. The third kappa shape index (κ3) is 4.01. The minimum Gasteiger partial charge on any atom is -0.476 e. The first-order valence-electron chi connectivity index (χ1n) is 11.0. The number of hydrogen-bond donors (Lipinski definition) is 2. The Labute approximate surface area is 181 Å². The van der Waals surface area contributed by atoms with Gasteiger partial charge in [0.2, 0.25) is 5.88 Å². The van der Waals surface area contributed by atoms with Crippen LogP contribution in [0.5, 0.6) is 5.88 Å². The van der Waals surface area contributed by atoms with E-state index in [-0.39, 0.29) is 0 Å². The lowest BCUT2D eigenvalue weighted by Crippen LogP contribution is -2.30. The molecule has 0 saturated carbocycles. The van der Waals surface area contributed by atoms with Gasteiger partial charge in [-0.3, -0.25) is 4.98 Å². The fraction of sp³-hybridized carbons (Fsp3) is 0.545. The van der Waals surface area contributed by atoms with Crippen molar-refractivity contribution in [2.45, 2.75) is 52.1 Å². The summed E-state index contributed by atoms with van der Waals surface area (Å²) in [6.07, 6.45) is 4.20. The van der Waals surface area contributed by atoms with E-state index in [1.807, 2.05) is 19.1 Å². The molecule has 3 aromatic heterocycles. The van der Waals surface area contributed by atoms with Gasteiger partial charge < -0.3 is 20.1 Å². The van der Waals surface area contributed by atoms with Crippen molar-refractivity contribution in [1.82, 2.24) is 24.6 Å². The van der Waals surface area contributed by atoms with Crippen LogP contribution in [-0.2, 0) is 6.42 Å². The minimum atomic E-state index is -0.850. The van der Waals surface area contributed by atoms with Gasteiger partial charge in [-0.15, -0.1) is 0 Å². The lowest BCUT2D eigenvalue weighted by Gasteiger charge is -2.21. The first-order valence-corrected chi connectivity index (χ1v) is 11.0. The van der Waals surface area contributed by atoms with E-state index in [4.69, 9.17) is 24.8 Å². The van der Waals surface area contributed by atoms with Crippen molar-refractivity contribution in [2.75, 3.05) is 36.5 Å². The van der Waals surface area contributed by atoms with E-state index < -0.39 is 5.60 Å². The van der Waals surface area contributed by atoms with E-state index >= 15 is 0 Å². The van der Waals surface area contributed by atoms with Crippen molar-refractivity contribution in [3.05, 3.63) is 23.5 Å². The first kappa shape index (κ1) is 20.0. The van der Waals surface area contributed by atoms with Crippen LogP contribution >= 0.6 is 0 Å². The normalized spacial score (nSPS) is 16.5. The van der Waals surface area contributed by atoms with Gasteiger partial charge in [-0.25, -0.2) is 9.97 Å². The number of aryl methyl sites for hydroxylation is 2. The maximum atomic E-state index is 10.2. The monoisotopic (exact) mass is 423 g/mol. The average Bonchev–Trinajstić information content (AvgIpc) is 3.40. The molecule has 0 unspecified atom stereocenters. The fourth-order valence-corrected chi connectivity index (χ4v) is 4.10. The van der Waals surface area contributed by atoms with Gasteiger partial charge in [0, 0.05) is 31.8 Å². The molecule has 0 amide bonds. The smallest absolute Gasteiger partial charge is 0.236 e. The minimum absolute atomic E-state index is 0.395. The van der Waals surface area contributed by atoms with Crippen LogP contribution in [-0.4, -0.2) is 61.5 Å². The number of nitrogens with one attached hydrogen (secondary N) is 1. The van der Waals surface area contributed by atoms with Gasteiger partial charge >= 0.3 is 0 Å². The van der Waals surface area contributed by atoms with Gasteiger partial charge in [0.25, 0.3) is 0 Å². The Morgan fingerprint density at radius 1 is 1.13 bits per heavy atom. The number of hydrogen-bond acceptors (Lipinski definition) is 8. The summed E-state index contributed by atoms with van der Waals surface area (Å²) in [5, 5.41) is 18.4. The third-order valence-electron chi connectivity index (χ3n) is 5.69. The molecule has 9 nitrogen and oxygen atoms in total. The van der Waals surface area contributed by atoms with Gasteiger partial charge in [-0.1, -0.05) is 0 Å². The Balaban J connectivity index is 1.59. The topological polar surface area (TPSA) is 101 Å². The molecule has 0 spiro atoms. The van der Waals surface area contributed by atoms with Crippen molar-refractivity contribution in [3.63, 3.8) is 0 Å². The summed E-state index contributed by atoms with van der Waals surface area (Å²) >= 11 is 0. The zero-order valence-corrected chi connectivity index (χ0v) is 18.4. The Morgan fingerprint density at radius 2 is 1.94 bits per heavy atom. The lowest BCUT2D eigenvalue weighted by molar-refractivity contribution is 0.0944. The highest BCUT2D eigenvalue weighted by atomic mass is 16.5. The van der Waals surface area contributed by atoms with Gasteiger partial charge in [0.1, 0.15) is 28.7 Å². The van der Waals surface area contributed by atoms with Gasteiger partial charge in [0.15, 0.2) is 5.65 Å². The van der Waals surface area contributed by atoms with Crippen LogP contribution in [0, 0.1) is 6.92 Å². The molecule has 164 valence electrons. The number of rotatable bonds is 5. The summed E-state index contributed by atoms with van der Waals surface area (Å²) in [4.78, 5) is 16.6. The molecule has 5 heterocycles. The maximum Gasteiger partial charge on any atom is 0.236 e. The Hall–Kier alpha value is -2.94. The van der Waals surface area contributed by atoms with Crippen LogP contribution in [0.4, 0.5) is 11.6 Å². The van der Waals surface area contributed by atoms with Gasteiger partial charge in [-0.05, 0) is 46.5 Å². The van der Waals surface area contributed by atoms with Crippen molar-refractivity contribution < 1.29 is 9.84 Å². The Morgan fingerprint density at radius 3 is 2.71 bits per heavy atom. The SMILES string of the molecule is Cc1nc2c(nc1-c1cc3nc(N4CCCC4)cc(NCC(C)(C)O)n3n1)OCCC2. The molecule has 0 aliphatic carbocycles. The van der Waals surface area contributed by atoms with E-state index in [2.05, 4.69) is 10.2 Å². The Kier molecular flexibility index (Phi) is 4.92. The number of nitrogens with zero attached hydrogens (tertiary/aromatic N) is 6. The van der Waals surface area contributed by atoms with Crippen molar-refractivity contribution in [3.8, 4) is 17.3 Å². The fourth-order valence-electron chi connectivity index (χ4n) is 4.10. The van der Waals surface area contributed by atoms with Crippen LogP contribution in [0.25, 0.3) is 17.0 Å². The standard InChI is InChI=1S/C22H29N7O2/c1-14-20(26-21-15(24-14)7-6-10-31-21)16-11-19-25-18(28-8-4-5-9-28)12-17(29(19)27-16)23-13-22(2,3)30/h11-12,23,30H,4-10,13H2,1-3H3. The predicted octanol–water partition coefficient (Wildman–Crippen LogP) is 2.60. The van der Waals surface area contributed by atoms with E-state index in [1.165, 1.54) is 12.8 Å². The van der Waals surface area contributed by atoms with Crippen LogP contribution in [0.15, 0.2) is 12.1 Å². The van der Waals surface area contributed by atoms with Crippen molar-refractivity contribution in [2.24, 2.45) is 0 Å². The van der Waals surface area contributed by atoms with Crippen LogP contribution in [0.2, 0.25) is 0 Å².